The van der Waals surface area contributed by atoms with E-state index < -0.39 is 20.5 Å². The Bertz CT molecular complexity index is 933. The van der Waals surface area contributed by atoms with Gasteiger partial charge in [-0.15, -0.1) is 11.8 Å². The molecule has 0 aromatic heterocycles. The fraction of sp³-hybridized carbons (Fsp3) is 0.111. The third-order valence-electron chi connectivity index (χ3n) is 3.44. The molecule has 0 N–H and O–H groups in total. The molecule has 2 aromatic carbocycles. The highest BCUT2D eigenvalue weighted by Crippen LogP contribution is 2.29. The second-order valence-electron chi connectivity index (χ2n) is 5.09. The molecule has 0 aliphatic carbocycles. The van der Waals surface area contributed by atoms with Crippen molar-refractivity contribution in [3.05, 3.63) is 86.3 Å². The standard InChI is InChI=1S/C18H17NO5S2/c1-24-15-10-8-14(9-11-15)12-17(19(20)21)18(13-25-2)26(22,23)16-6-4-3-5-7-16/h3-13H,1-2H3/b17-12+,18-13+. The van der Waals surface area contributed by atoms with Crippen LogP contribution in [0.2, 0.25) is 0 Å². The minimum atomic E-state index is -4.03. The quantitative estimate of drug-likeness (QED) is 0.403. The van der Waals surface area contributed by atoms with Crippen molar-refractivity contribution in [2.45, 2.75) is 4.90 Å². The molecule has 0 atom stereocenters. The molecule has 2 aromatic rings. The lowest BCUT2D eigenvalue weighted by Gasteiger charge is -2.08. The number of ether oxygens (including phenoxy) is 1. The first-order valence-corrected chi connectivity index (χ1v) is 10.2. The molecular formula is C18H17NO5S2. The number of hydrogen-bond donors (Lipinski definition) is 0. The van der Waals surface area contributed by atoms with Crippen molar-refractivity contribution < 1.29 is 18.1 Å². The number of benzene rings is 2. The molecule has 8 heteroatoms. The molecule has 0 amide bonds. The number of sulfone groups is 1. The fourth-order valence-electron chi connectivity index (χ4n) is 2.17. The summed E-state index contributed by atoms with van der Waals surface area (Å²) in [7, 11) is -2.52. The molecule has 0 aliphatic heterocycles. The average Bonchev–Trinajstić information content (AvgIpc) is 2.65. The predicted octanol–water partition coefficient (Wildman–Crippen LogP) is 3.99. The van der Waals surface area contributed by atoms with Crippen LogP contribution in [0, 0.1) is 10.1 Å². The maximum Gasteiger partial charge on any atom is 0.289 e. The lowest BCUT2D eigenvalue weighted by Crippen LogP contribution is -2.12. The zero-order chi connectivity index (χ0) is 19.2. The molecular weight excluding hydrogens is 374 g/mol. The van der Waals surface area contributed by atoms with Gasteiger partial charge in [-0.25, -0.2) is 8.42 Å². The van der Waals surface area contributed by atoms with Crippen molar-refractivity contribution in [3.8, 4) is 5.75 Å². The van der Waals surface area contributed by atoms with E-state index >= 15 is 0 Å². The molecule has 136 valence electrons. The molecule has 0 heterocycles. The Morgan fingerprint density at radius 2 is 1.73 bits per heavy atom. The highest BCUT2D eigenvalue weighted by atomic mass is 32.2. The highest BCUT2D eigenvalue weighted by Gasteiger charge is 2.31. The van der Waals surface area contributed by atoms with E-state index in [1.165, 1.54) is 30.7 Å². The van der Waals surface area contributed by atoms with Gasteiger partial charge in [0.25, 0.3) is 5.70 Å². The van der Waals surface area contributed by atoms with E-state index in [9.17, 15) is 18.5 Å². The first kappa shape index (κ1) is 19.7. The van der Waals surface area contributed by atoms with E-state index in [4.69, 9.17) is 4.74 Å². The number of nitrogens with zero attached hydrogens (tertiary/aromatic N) is 1. The van der Waals surface area contributed by atoms with E-state index in [2.05, 4.69) is 0 Å². The van der Waals surface area contributed by atoms with Gasteiger partial charge in [0.15, 0.2) is 4.91 Å². The number of rotatable bonds is 7. The maximum absolute atomic E-state index is 12.9. The first-order valence-electron chi connectivity index (χ1n) is 7.43. The van der Waals surface area contributed by atoms with Crippen LogP contribution < -0.4 is 4.74 Å². The molecule has 6 nitrogen and oxygen atoms in total. The average molecular weight is 391 g/mol. The maximum atomic E-state index is 12.9. The Morgan fingerprint density at radius 3 is 2.23 bits per heavy atom. The Kier molecular flexibility index (Phi) is 6.59. The monoisotopic (exact) mass is 391 g/mol. The van der Waals surface area contributed by atoms with E-state index in [1.54, 1.807) is 48.7 Å². The van der Waals surface area contributed by atoms with Crippen LogP contribution in [0.25, 0.3) is 6.08 Å². The molecule has 2 rings (SSSR count). The van der Waals surface area contributed by atoms with Gasteiger partial charge >= 0.3 is 0 Å². The summed E-state index contributed by atoms with van der Waals surface area (Å²) in [5, 5.41) is 12.9. The molecule has 0 aliphatic rings. The highest BCUT2D eigenvalue weighted by molar-refractivity contribution is 8.03. The van der Waals surface area contributed by atoms with E-state index in [0.29, 0.717) is 11.3 Å². The molecule has 0 saturated carbocycles. The summed E-state index contributed by atoms with van der Waals surface area (Å²) in [5.74, 6) is 0.599. The second kappa shape index (κ2) is 8.68. The van der Waals surface area contributed by atoms with Gasteiger partial charge in [-0.3, -0.25) is 10.1 Å². The van der Waals surface area contributed by atoms with Gasteiger partial charge < -0.3 is 4.74 Å². The van der Waals surface area contributed by atoms with Crippen molar-refractivity contribution in [3.63, 3.8) is 0 Å². The SMILES string of the molecule is COc1ccc(/C=C(\C(=C/SC)S(=O)(=O)c2ccccc2)[N+](=O)[O-])cc1. The minimum absolute atomic E-state index is 0.00257. The normalized spacial score (nSPS) is 12.7. The van der Waals surface area contributed by atoms with Gasteiger partial charge in [-0.1, -0.05) is 30.3 Å². The number of hydrogen-bond acceptors (Lipinski definition) is 6. The molecule has 0 unspecified atom stereocenters. The second-order valence-corrected chi connectivity index (χ2v) is 7.72. The van der Waals surface area contributed by atoms with Gasteiger partial charge in [-0.2, -0.15) is 0 Å². The van der Waals surface area contributed by atoms with Crippen LogP contribution in [0.5, 0.6) is 5.75 Å². The first-order chi connectivity index (χ1) is 12.4. The van der Waals surface area contributed by atoms with Crippen molar-refractivity contribution in [2.24, 2.45) is 0 Å². The smallest absolute Gasteiger partial charge is 0.289 e. The number of nitro groups is 1. The fourth-order valence-corrected chi connectivity index (χ4v) is 4.48. The summed E-state index contributed by atoms with van der Waals surface area (Å²) >= 11 is 1.09. The van der Waals surface area contributed by atoms with Crippen LogP contribution in [-0.2, 0) is 9.84 Å². The van der Waals surface area contributed by atoms with Crippen molar-refractivity contribution in [1.29, 1.82) is 0 Å². The van der Waals surface area contributed by atoms with Crippen molar-refractivity contribution >= 4 is 27.7 Å². The Morgan fingerprint density at radius 1 is 1.12 bits per heavy atom. The van der Waals surface area contributed by atoms with E-state index in [0.717, 1.165) is 11.8 Å². The van der Waals surface area contributed by atoms with Gasteiger partial charge in [0.2, 0.25) is 9.84 Å². The lowest BCUT2D eigenvalue weighted by molar-refractivity contribution is -0.418. The topological polar surface area (TPSA) is 86.5 Å². The summed E-state index contributed by atoms with van der Waals surface area (Å²) in [6.07, 6.45) is 2.88. The molecule has 0 bridgehead atoms. The molecule has 0 radical (unpaired) electrons. The largest absolute Gasteiger partial charge is 0.497 e. The molecule has 0 saturated heterocycles. The van der Waals surface area contributed by atoms with Crippen LogP contribution in [0.3, 0.4) is 0 Å². The summed E-state index contributed by atoms with van der Waals surface area (Å²) < 4.78 is 30.9. The van der Waals surface area contributed by atoms with Crippen LogP contribution in [0.1, 0.15) is 5.56 Å². The Balaban J connectivity index is 2.58. The van der Waals surface area contributed by atoms with Gasteiger partial charge in [0.05, 0.1) is 16.9 Å². The summed E-state index contributed by atoms with van der Waals surface area (Å²) in [4.78, 5) is 10.6. The predicted molar refractivity (Wildman–Crippen MR) is 103 cm³/mol. The van der Waals surface area contributed by atoms with E-state index in [1.807, 2.05) is 0 Å². The van der Waals surface area contributed by atoms with Crippen LogP contribution in [0.15, 0.2) is 75.5 Å². The van der Waals surface area contributed by atoms with Crippen LogP contribution >= 0.6 is 11.8 Å². The van der Waals surface area contributed by atoms with Crippen LogP contribution in [0.4, 0.5) is 0 Å². The Labute approximate surface area is 156 Å². The zero-order valence-corrected chi connectivity index (χ0v) is 15.8. The minimum Gasteiger partial charge on any atom is -0.497 e. The zero-order valence-electron chi connectivity index (χ0n) is 14.2. The number of thioether (sulfide) groups is 1. The summed E-state index contributed by atoms with van der Waals surface area (Å²) in [6, 6.07) is 14.2. The lowest BCUT2D eigenvalue weighted by atomic mass is 10.2. The van der Waals surface area contributed by atoms with Gasteiger partial charge in [0, 0.05) is 6.08 Å². The van der Waals surface area contributed by atoms with E-state index in [-0.39, 0.29) is 9.80 Å². The molecule has 0 spiro atoms. The van der Waals surface area contributed by atoms with Crippen LogP contribution in [-0.4, -0.2) is 26.7 Å². The van der Waals surface area contributed by atoms with Crippen molar-refractivity contribution in [2.75, 3.05) is 13.4 Å². The third kappa shape index (κ3) is 4.53. The van der Waals surface area contributed by atoms with Gasteiger partial charge in [-0.05, 0) is 41.5 Å². The van der Waals surface area contributed by atoms with Crippen molar-refractivity contribution in [1.82, 2.24) is 0 Å². The summed E-state index contributed by atoms with van der Waals surface area (Å²) in [6.45, 7) is 0. The summed E-state index contributed by atoms with van der Waals surface area (Å²) in [5.41, 5.74) is 0.00105. The molecule has 0 fully saturated rings. The Hall–Kier alpha value is -2.58. The molecule has 26 heavy (non-hydrogen) atoms. The number of methoxy groups -OCH3 is 1. The van der Waals surface area contributed by atoms with Gasteiger partial charge in [0.1, 0.15) is 5.75 Å². The third-order valence-corrected chi connectivity index (χ3v) is 5.86.